The van der Waals surface area contributed by atoms with Crippen molar-refractivity contribution in [2.24, 2.45) is 0 Å². The summed E-state index contributed by atoms with van der Waals surface area (Å²) in [6.45, 7) is 3.75. The Bertz CT molecular complexity index is 637. The number of nitrogens with zero attached hydrogens (tertiary/aromatic N) is 2. The molecule has 1 aliphatic heterocycles. The van der Waals surface area contributed by atoms with Gasteiger partial charge in [0.15, 0.2) is 0 Å². The van der Waals surface area contributed by atoms with Crippen LogP contribution >= 0.6 is 0 Å². The predicted molar refractivity (Wildman–Crippen MR) is 89.1 cm³/mol. The van der Waals surface area contributed by atoms with Crippen molar-refractivity contribution in [2.45, 2.75) is 13.0 Å². The van der Waals surface area contributed by atoms with Crippen LogP contribution in [0.25, 0.3) is 0 Å². The number of carbonyl (C=O) groups is 1. The minimum Gasteiger partial charge on any atom is -0.497 e. The summed E-state index contributed by atoms with van der Waals surface area (Å²) in [5.41, 5.74) is 0.706. The Labute approximate surface area is 137 Å². The highest BCUT2D eigenvalue weighted by Gasteiger charge is 2.28. The molecule has 1 atom stereocenters. The average Bonchev–Trinajstić information content (AvgIpc) is 2.54. The number of amides is 1. The monoisotopic (exact) mass is 341 g/mol. The Hall–Kier alpha value is -1.64. The van der Waals surface area contributed by atoms with Crippen LogP contribution in [0.1, 0.15) is 6.92 Å². The molecule has 8 heteroatoms. The summed E-state index contributed by atoms with van der Waals surface area (Å²) < 4.78 is 29.5. The quantitative estimate of drug-likeness (QED) is 0.848. The number of benzene rings is 1. The lowest BCUT2D eigenvalue weighted by atomic mass is 10.2. The number of nitrogens with one attached hydrogen (secondary N) is 1. The van der Waals surface area contributed by atoms with Crippen molar-refractivity contribution in [3.63, 3.8) is 0 Å². The van der Waals surface area contributed by atoms with Gasteiger partial charge in [0.2, 0.25) is 15.9 Å². The Morgan fingerprint density at radius 2 is 1.74 bits per heavy atom. The Kier molecular flexibility index (Phi) is 5.61. The van der Waals surface area contributed by atoms with Crippen LogP contribution in [0, 0.1) is 0 Å². The second-order valence-electron chi connectivity index (χ2n) is 5.59. The minimum atomic E-state index is -3.16. The smallest absolute Gasteiger partial charge is 0.241 e. The molecule has 2 rings (SSSR count). The average molecular weight is 341 g/mol. The molecule has 0 bridgehead atoms. The molecular weight excluding hydrogens is 318 g/mol. The van der Waals surface area contributed by atoms with Gasteiger partial charge in [-0.05, 0) is 31.2 Å². The van der Waals surface area contributed by atoms with Crippen molar-refractivity contribution in [3.8, 4) is 5.75 Å². The third kappa shape index (κ3) is 4.66. The molecule has 1 aliphatic rings. The minimum absolute atomic E-state index is 0.108. The first-order valence-electron chi connectivity index (χ1n) is 7.45. The highest BCUT2D eigenvalue weighted by molar-refractivity contribution is 7.88. The van der Waals surface area contributed by atoms with Gasteiger partial charge in [0.1, 0.15) is 5.75 Å². The van der Waals surface area contributed by atoms with Crippen LogP contribution in [-0.4, -0.2) is 69.1 Å². The van der Waals surface area contributed by atoms with Crippen LogP contribution in [-0.2, 0) is 14.8 Å². The molecule has 128 valence electrons. The van der Waals surface area contributed by atoms with Gasteiger partial charge in [-0.3, -0.25) is 9.69 Å². The fourth-order valence-corrected chi connectivity index (χ4v) is 3.34. The van der Waals surface area contributed by atoms with Crippen LogP contribution < -0.4 is 10.1 Å². The van der Waals surface area contributed by atoms with Crippen molar-refractivity contribution < 1.29 is 17.9 Å². The zero-order valence-electron chi connectivity index (χ0n) is 13.7. The Morgan fingerprint density at radius 1 is 1.17 bits per heavy atom. The maximum Gasteiger partial charge on any atom is 0.241 e. The van der Waals surface area contributed by atoms with E-state index in [9.17, 15) is 13.2 Å². The molecular formula is C15H23N3O4S. The number of hydrogen-bond donors (Lipinski definition) is 1. The van der Waals surface area contributed by atoms with Crippen LogP contribution in [0.2, 0.25) is 0 Å². The molecule has 1 fully saturated rings. The second kappa shape index (κ2) is 7.29. The molecule has 0 spiro atoms. The summed E-state index contributed by atoms with van der Waals surface area (Å²) in [7, 11) is -1.57. The summed E-state index contributed by atoms with van der Waals surface area (Å²) in [5.74, 6) is 0.621. The number of rotatable bonds is 5. The molecule has 1 aromatic carbocycles. The van der Waals surface area contributed by atoms with Gasteiger partial charge in [-0.1, -0.05) is 0 Å². The summed E-state index contributed by atoms with van der Waals surface area (Å²) in [4.78, 5) is 14.3. The highest BCUT2D eigenvalue weighted by Crippen LogP contribution is 2.16. The molecule has 1 N–H and O–H groups in total. The molecule has 0 radical (unpaired) electrons. The van der Waals surface area contributed by atoms with E-state index in [0.29, 0.717) is 31.9 Å². The number of sulfonamides is 1. The van der Waals surface area contributed by atoms with Gasteiger partial charge in [0, 0.05) is 31.9 Å². The third-order valence-electron chi connectivity index (χ3n) is 4.03. The first-order chi connectivity index (χ1) is 10.8. The van der Waals surface area contributed by atoms with Crippen LogP contribution in [0.15, 0.2) is 24.3 Å². The maximum absolute atomic E-state index is 12.3. The standard InChI is InChI=1S/C15H23N3O4S/c1-12(17-8-10-18(11-9-17)23(3,20)21)15(19)16-13-4-6-14(22-2)7-5-13/h4-7,12H,8-11H2,1-3H3,(H,16,19)/t12-/m0/s1. The summed E-state index contributed by atoms with van der Waals surface area (Å²) >= 11 is 0. The van der Waals surface area contributed by atoms with Crippen molar-refractivity contribution in [1.29, 1.82) is 0 Å². The van der Waals surface area contributed by atoms with E-state index in [1.54, 1.807) is 31.4 Å². The first-order valence-corrected chi connectivity index (χ1v) is 9.30. The molecule has 0 unspecified atom stereocenters. The van der Waals surface area contributed by atoms with E-state index in [4.69, 9.17) is 4.74 Å². The maximum atomic E-state index is 12.3. The van der Waals surface area contributed by atoms with Crippen LogP contribution in [0.3, 0.4) is 0 Å². The van der Waals surface area contributed by atoms with Crippen molar-refractivity contribution >= 4 is 21.6 Å². The molecule has 7 nitrogen and oxygen atoms in total. The van der Waals surface area contributed by atoms with Crippen LogP contribution in [0.4, 0.5) is 5.69 Å². The molecule has 1 amide bonds. The number of ether oxygens (including phenoxy) is 1. The second-order valence-corrected chi connectivity index (χ2v) is 7.57. The van der Waals surface area contributed by atoms with Gasteiger partial charge in [-0.25, -0.2) is 8.42 Å². The lowest BCUT2D eigenvalue weighted by molar-refractivity contribution is -0.121. The summed E-state index contributed by atoms with van der Waals surface area (Å²) in [6, 6.07) is 6.81. The van der Waals surface area contributed by atoms with E-state index in [2.05, 4.69) is 5.32 Å². The molecule has 1 aromatic rings. The molecule has 0 aromatic heterocycles. The van der Waals surface area contributed by atoms with Gasteiger partial charge in [0.25, 0.3) is 0 Å². The zero-order chi connectivity index (χ0) is 17.0. The van der Waals surface area contributed by atoms with E-state index in [1.807, 2.05) is 11.8 Å². The molecule has 23 heavy (non-hydrogen) atoms. The molecule has 1 heterocycles. The number of methoxy groups -OCH3 is 1. The van der Waals surface area contributed by atoms with E-state index in [0.717, 1.165) is 5.75 Å². The van der Waals surface area contributed by atoms with Gasteiger partial charge in [0.05, 0.1) is 19.4 Å². The number of carbonyl (C=O) groups excluding carboxylic acids is 1. The number of hydrogen-bond acceptors (Lipinski definition) is 5. The number of anilines is 1. The van der Waals surface area contributed by atoms with Gasteiger partial charge in [-0.15, -0.1) is 0 Å². The number of piperazine rings is 1. The normalized spacial score (nSPS) is 18.4. The highest BCUT2D eigenvalue weighted by atomic mass is 32.2. The molecule has 0 aliphatic carbocycles. The van der Waals surface area contributed by atoms with Crippen molar-refractivity contribution in [2.75, 3.05) is 44.9 Å². The summed E-state index contributed by atoms with van der Waals surface area (Å²) in [6.07, 6.45) is 1.21. The molecule has 0 saturated carbocycles. The summed E-state index contributed by atoms with van der Waals surface area (Å²) in [5, 5.41) is 2.86. The predicted octanol–water partition coefficient (Wildman–Crippen LogP) is 0.599. The van der Waals surface area contributed by atoms with Gasteiger partial charge in [-0.2, -0.15) is 4.31 Å². The fraction of sp³-hybridized carbons (Fsp3) is 0.533. The van der Waals surface area contributed by atoms with E-state index in [1.165, 1.54) is 10.6 Å². The van der Waals surface area contributed by atoms with E-state index < -0.39 is 10.0 Å². The van der Waals surface area contributed by atoms with Gasteiger partial charge < -0.3 is 10.1 Å². The zero-order valence-corrected chi connectivity index (χ0v) is 14.5. The lowest BCUT2D eigenvalue weighted by Crippen LogP contribution is -2.53. The SMILES string of the molecule is COc1ccc(NC(=O)[C@H](C)N2CCN(S(C)(=O)=O)CC2)cc1. The Morgan fingerprint density at radius 3 is 2.22 bits per heavy atom. The van der Waals surface area contributed by atoms with Gasteiger partial charge >= 0.3 is 0 Å². The largest absolute Gasteiger partial charge is 0.497 e. The van der Waals surface area contributed by atoms with Crippen LogP contribution in [0.5, 0.6) is 5.75 Å². The first kappa shape index (κ1) is 17.7. The Balaban J connectivity index is 1.90. The van der Waals surface area contributed by atoms with E-state index >= 15 is 0 Å². The molecule has 1 saturated heterocycles. The van der Waals surface area contributed by atoms with Crippen molar-refractivity contribution in [3.05, 3.63) is 24.3 Å². The van der Waals surface area contributed by atoms with Crippen molar-refractivity contribution in [1.82, 2.24) is 9.21 Å². The van der Waals surface area contributed by atoms with E-state index in [-0.39, 0.29) is 11.9 Å². The topological polar surface area (TPSA) is 79.0 Å². The lowest BCUT2D eigenvalue weighted by Gasteiger charge is -2.36. The fourth-order valence-electron chi connectivity index (χ4n) is 2.51. The third-order valence-corrected chi connectivity index (χ3v) is 5.33.